The highest BCUT2D eigenvalue weighted by molar-refractivity contribution is 5.95. The predicted molar refractivity (Wildman–Crippen MR) is 68.1 cm³/mol. The zero-order valence-electron chi connectivity index (χ0n) is 10.2. The molecule has 1 spiro atoms. The fourth-order valence-electron chi connectivity index (χ4n) is 3.36. The van der Waals surface area contributed by atoms with Gasteiger partial charge >= 0.3 is 0 Å². The predicted octanol–water partition coefficient (Wildman–Crippen LogP) is 1.72. The molecule has 0 radical (unpaired) electrons. The number of nitrogens with zero attached hydrogens (tertiary/aromatic N) is 1. The fourth-order valence-corrected chi connectivity index (χ4v) is 3.36. The fraction of sp³-hybridized carbons (Fsp3) is 0.500. The molecule has 1 amide bonds. The van der Waals surface area contributed by atoms with Crippen molar-refractivity contribution in [3.63, 3.8) is 0 Å². The van der Waals surface area contributed by atoms with Gasteiger partial charge in [-0.2, -0.15) is 0 Å². The molecule has 3 heteroatoms. The Morgan fingerprint density at radius 3 is 2.94 bits per heavy atom. The lowest BCUT2D eigenvalue weighted by atomic mass is 9.86. The maximum atomic E-state index is 12.0. The Labute approximate surface area is 102 Å². The smallest absolute Gasteiger partial charge is 0.224 e. The van der Waals surface area contributed by atoms with Crippen LogP contribution in [0.5, 0.6) is 0 Å². The Hall–Kier alpha value is -1.35. The first kappa shape index (κ1) is 10.8. The zero-order chi connectivity index (χ0) is 11.9. The largest absolute Gasteiger partial charge is 0.314 e. The van der Waals surface area contributed by atoms with E-state index in [4.69, 9.17) is 0 Å². The van der Waals surface area contributed by atoms with Gasteiger partial charge in [-0.1, -0.05) is 18.2 Å². The summed E-state index contributed by atoms with van der Waals surface area (Å²) < 4.78 is 0. The van der Waals surface area contributed by atoms with Crippen LogP contribution >= 0.6 is 0 Å². The molecule has 1 aromatic rings. The van der Waals surface area contributed by atoms with Gasteiger partial charge in [-0.15, -0.1) is 0 Å². The second-order valence-corrected chi connectivity index (χ2v) is 5.16. The summed E-state index contributed by atoms with van der Waals surface area (Å²) in [4.78, 5) is 14.0. The number of benzene rings is 1. The van der Waals surface area contributed by atoms with Crippen LogP contribution in [0.1, 0.15) is 25.3 Å². The molecule has 0 aliphatic carbocycles. The summed E-state index contributed by atoms with van der Waals surface area (Å²) >= 11 is 0. The average molecular weight is 230 g/mol. The third kappa shape index (κ3) is 1.57. The Bertz CT molecular complexity index is 449. The molecule has 1 fully saturated rings. The minimum Gasteiger partial charge on any atom is -0.314 e. The van der Waals surface area contributed by atoms with Crippen molar-refractivity contribution in [3.05, 3.63) is 29.8 Å². The van der Waals surface area contributed by atoms with Gasteiger partial charge in [0.2, 0.25) is 5.91 Å². The highest BCUT2D eigenvalue weighted by Gasteiger charge is 2.46. The molecule has 0 bridgehead atoms. The van der Waals surface area contributed by atoms with E-state index in [9.17, 15) is 4.79 Å². The second-order valence-electron chi connectivity index (χ2n) is 5.16. The number of nitrogens with one attached hydrogen (secondary N) is 1. The Kier molecular flexibility index (Phi) is 2.44. The second kappa shape index (κ2) is 3.84. The molecule has 3 rings (SSSR count). The van der Waals surface area contributed by atoms with Gasteiger partial charge in [0.05, 0.1) is 5.54 Å². The molecule has 0 saturated carbocycles. The van der Waals surface area contributed by atoms with Gasteiger partial charge in [0.1, 0.15) is 0 Å². The van der Waals surface area contributed by atoms with Crippen LogP contribution in [0.3, 0.4) is 0 Å². The van der Waals surface area contributed by atoms with Crippen molar-refractivity contribution in [2.45, 2.75) is 31.7 Å². The highest BCUT2D eigenvalue weighted by atomic mass is 16.2. The molecule has 90 valence electrons. The first-order chi connectivity index (χ1) is 8.23. The number of carbonyl (C=O) groups excluding carboxylic acids is 1. The van der Waals surface area contributed by atoms with E-state index in [0.29, 0.717) is 0 Å². The van der Waals surface area contributed by atoms with Crippen molar-refractivity contribution in [3.8, 4) is 0 Å². The summed E-state index contributed by atoms with van der Waals surface area (Å²) in [6, 6.07) is 8.30. The number of hydrogen-bond donors (Lipinski definition) is 1. The van der Waals surface area contributed by atoms with E-state index in [-0.39, 0.29) is 11.4 Å². The summed E-state index contributed by atoms with van der Waals surface area (Å²) in [7, 11) is 0. The van der Waals surface area contributed by atoms with Crippen molar-refractivity contribution in [2.75, 3.05) is 18.0 Å². The van der Waals surface area contributed by atoms with Crippen molar-refractivity contribution in [1.29, 1.82) is 0 Å². The molecule has 2 heterocycles. The molecular formula is C14H18N2O. The third-order valence-electron chi connectivity index (χ3n) is 3.99. The molecule has 1 saturated heterocycles. The lowest BCUT2D eigenvalue weighted by Crippen LogP contribution is -2.58. The van der Waals surface area contributed by atoms with Gasteiger partial charge in [-0.05, 0) is 37.4 Å². The van der Waals surface area contributed by atoms with Gasteiger partial charge in [0.25, 0.3) is 0 Å². The van der Waals surface area contributed by atoms with Gasteiger partial charge in [0.15, 0.2) is 0 Å². The molecular weight excluding hydrogens is 212 g/mol. The first-order valence-corrected chi connectivity index (χ1v) is 6.32. The van der Waals surface area contributed by atoms with E-state index in [1.54, 1.807) is 6.92 Å². The van der Waals surface area contributed by atoms with Crippen LogP contribution in [0.2, 0.25) is 0 Å². The Balaban J connectivity index is 2.06. The van der Waals surface area contributed by atoms with Crippen LogP contribution in [0.25, 0.3) is 0 Å². The summed E-state index contributed by atoms with van der Waals surface area (Å²) in [6.45, 7) is 3.67. The zero-order valence-corrected chi connectivity index (χ0v) is 10.2. The van der Waals surface area contributed by atoms with Crippen molar-refractivity contribution in [2.24, 2.45) is 0 Å². The molecule has 1 atom stereocenters. The number of fused-ring (bicyclic) bond motifs is 1. The number of anilines is 1. The van der Waals surface area contributed by atoms with Crippen molar-refractivity contribution >= 4 is 11.6 Å². The van der Waals surface area contributed by atoms with Gasteiger partial charge < -0.3 is 10.2 Å². The van der Waals surface area contributed by atoms with E-state index in [2.05, 4.69) is 23.5 Å². The minimum absolute atomic E-state index is 0.00618. The van der Waals surface area contributed by atoms with E-state index >= 15 is 0 Å². The maximum absolute atomic E-state index is 12.0. The lowest BCUT2D eigenvalue weighted by molar-refractivity contribution is -0.117. The van der Waals surface area contributed by atoms with E-state index in [1.165, 1.54) is 5.56 Å². The molecule has 1 N–H and O–H groups in total. The van der Waals surface area contributed by atoms with Gasteiger partial charge in [-0.3, -0.25) is 4.79 Å². The minimum atomic E-state index is -0.00618. The van der Waals surface area contributed by atoms with E-state index < -0.39 is 0 Å². The standard InChI is InChI=1S/C14H18N2O/c1-11(17)16-13-6-3-2-5-12(13)9-14(16)7-4-8-15-10-14/h2-3,5-6,15H,4,7-10H2,1H3. The quantitative estimate of drug-likeness (QED) is 0.736. The lowest BCUT2D eigenvalue weighted by Gasteiger charge is -2.41. The first-order valence-electron chi connectivity index (χ1n) is 6.32. The number of amides is 1. The summed E-state index contributed by atoms with van der Waals surface area (Å²) in [5, 5.41) is 3.44. The van der Waals surface area contributed by atoms with Crippen LogP contribution in [0, 0.1) is 0 Å². The Morgan fingerprint density at radius 1 is 1.41 bits per heavy atom. The summed E-state index contributed by atoms with van der Waals surface area (Å²) in [5.74, 6) is 0.165. The summed E-state index contributed by atoms with van der Waals surface area (Å²) in [5.41, 5.74) is 2.42. The monoisotopic (exact) mass is 230 g/mol. The molecule has 17 heavy (non-hydrogen) atoms. The normalized spacial score (nSPS) is 27.2. The number of piperidine rings is 1. The SMILES string of the molecule is CC(=O)N1c2ccccc2CC12CCCNC2. The molecule has 0 aromatic heterocycles. The molecule has 2 aliphatic rings. The number of para-hydroxylation sites is 1. The van der Waals surface area contributed by atoms with Gasteiger partial charge in [0, 0.05) is 19.2 Å². The van der Waals surface area contributed by atoms with Crippen LogP contribution in [0.4, 0.5) is 5.69 Å². The number of rotatable bonds is 0. The van der Waals surface area contributed by atoms with E-state index in [0.717, 1.165) is 38.0 Å². The number of carbonyl (C=O) groups is 1. The average Bonchev–Trinajstić information content (AvgIpc) is 2.63. The van der Waals surface area contributed by atoms with Crippen LogP contribution in [-0.4, -0.2) is 24.5 Å². The van der Waals surface area contributed by atoms with Gasteiger partial charge in [-0.25, -0.2) is 0 Å². The number of hydrogen-bond acceptors (Lipinski definition) is 2. The highest BCUT2D eigenvalue weighted by Crippen LogP contribution is 2.42. The van der Waals surface area contributed by atoms with Crippen LogP contribution in [-0.2, 0) is 11.2 Å². The molecule has 1 aromatic carbocycles. The van der Waals surface area contributed by atoms with Crippen molar-refractivity contribution in [1.82, 2.24) is 5.32 Å². The van der Waals surface area contributed by atoms with Crippen LogP contribution in [0.15, 0.2) is 24.3 Å². The third-order valence-corrected chi connectivity index (χ3v) is 3.99. The van der Waals surface area contributed by atoms with Crippen LogP contribution < -0.4 is 10.2 Å². The Morgan fingerprint density at radius 2 is 2.24 bits per heavy atom. The topological polar surface area (TPSA) is 32.3 Å². The van der Waals surface area contributed by atoms with E-state index in [1.807, 2.05) is 11.0 Å². The maximum Gasteiger partial charge on any atom is 0.224 e. The molecule has 1 unspecified atom stereocenters. The summed E-state index contributed by atoms with van der Waals surface area (Å²) in [6.07, 6.45) is 3.25. The van der Waals surface area contributed by atoms with Crippen molar-refractivity contribution < 1.29 is 4.79 Å². The molecule has 3 nitrogen and oxygen atoms in total. The molecule has 2 aliphatic heterocycles.